The zero-order chi connectivity index (χ0) is 16.3. The molecule has 9 heteroatoms. The Morgan fingerprint density at radius 3 is 2.91 bits per heavy atom. The van der Waals surface area contributed by atoms with E-state index >= 15 is 0 Å². The van der Waals surface area contributed by atoms with Gasteiger partial charge in [0.15, 0.2) is 5.03 Å². The molecule has 1 amide bonds. The van der Waals surface area contributed by atoms with Gasteiger partial charge in [0, 0.05) is 10.7 Å². The van der Waals surface area contributed by atoms with Gasteiger partial charge in [0.2, 0.25) is 5.91 Å². The fourth-order valence-electron chi connectivity index (χ4n) is 1.78. The number of aryl methyl sites for hydroxylation is 1. The third-order valence-corrected chi connectivity index (χ3v) is 4.32. The molecule has 116 valence electrons. The Morgan fingerprint density at radius 2 is 2.23 bits per heavy atom. The van der Waals surface area contributed by atoms with Gasteiger partial charge in [-0.05, 0) is 31.5 Å². The van der Waals surface area contributed by atoms with Crippen molar-refractivity contribution in [3.05, 3.63) is 44.6 Å². The number of halogens is 1. The van der Waals surface area contributed by atoms with Gasteiger partial charge < -0.3 is 5.32 Å². The lowest BCUT2D eigenvalue weighted by atomic mass is 10.2. The fraction of sp³-hybridized carbons (Fsp3) is 0.231. The Kier molecular flexibility index (Phi) is 5.04. The first-order chi connectivity index (χ1) is 10.4. The number of benzene rings is 1. The number of H-pyrrole nitrogens is 1. The van der Waals surface area contributed by atoms with Crippen LogP contribution in [-0.4, -0.2) is 26.8 Å². The van der Waals surface area contributed by atoms with Crippen molar-refractivity contribution in [3.63, 3.8) is 0 Å². The molecular formula is C13H13ClN4O3S. The minimum Gasteiger partial charge on any atom is -0.325 e. The number of nitrogens with one attached hydrogen (secondary N) is 2. The molecule has 22 heavy (non-hydrogen) atoms. The van der Waals surface area contributed by atoms with Crippen LogP contribution in [0.2, 0.25) is 5.02 Å². The third-order valence-electron chi connectivity index (χ3n) is 2.95. The van der Waals surface area contributed by atoms with Gasteiger partial charge in [0.25, 0.3) is 0 Å². The second-order valence-corrected chi connectivity index (χ2v) is 5.88. The summed E-state index contributed by atoms with van der Waals surface area (Å²) in [6.07, 6.45) is 0. The van der Waals surface area contributed by atoms with E-state index in [0.29, 0.717) is 16.4 Å². The monoisotopic (exact) mass is 340 g/mol. The highest BCUT2D eigenvalue weighted by Gasteiger charge is 2.22. The molecule has 0 aliphatic heterocycles. The highest BCUT2D eigenvalue weighted by molar-refractivity contribution is 8.00. The number of aromatic amines is 1. The number of carbonyl (C=O) groups excluding carboxylic acids is 1. The number of nitrogens with zero attached hydrogens (tertiary/aromatic N) is 2. The van der Waals surface area contributed by atoms with E-state index in [1.807, 2.05) is 0 Å². The Labute approximate surface area is 135 Å². The number of nitro groups is 1. The molecule has 1 aromatic carbocycles. The predicted octanol–water partition coefficient (Wildman–Crippen LogP) is 3.32. The van der Waals surface area contributed by atoms with Gasteiger partial charge in [-0.2, -0.15) is 5.10 Å². The van der Waals surface area contributed by atoms with Gasteiger partial charge >= 0.3 is 5.69 Å². The van der Waals surface area contributed by atoms with Crippen LogP contribution < -0.4 is 5.32 Å². The SMILES string of the molecule is Cc1[nH]nc(SCC(=O)Nc2cccc(Cl)c2C)c1[N+](=O)[O-]. The van der Waals surface area contributed by atoms with Crippen LogP contribution in [0.3, 0.4) is 0 Å². The van der Waals surface area contributed by atoms with Crippen molar-refractivity contribution >= 4 is 40.6 Å². The molecule has 2 rings (SSSR count). The molecule has 0 fully saturated rings. The molecule has 0 aliphatic carbocycles. The van der Waals surface area contributed by atoms with Gasteiger partial charge in [-0.25, -0.2) is 0 Å². The summed E-state index contributed by atoms with van der Waals surface area (Å²) in [6.45, 7) is 3.36. The van der Waals surface area contributed by atoms with E-state index in [9.17, 15) is 14.9 Å². The van der Waals surface area contributed by atoms with Crippen LogP contribution in [0.25, 0.3) is 0 Å². The Bertz CT molecular complexity index is 732. The molecule has 0 spiro atoms. The van der Waals surface area contributed by atoms with E-state index in [2.05, 4.69) is 15.5 Å². The van der Waals surface area contributed by atoms with Crippen molar-refractivity contribution in [2.24, 2.45) is 0 Å². The molecule has 1 heterocycles. The molecule has 2 N–H and O–H groups in total. The quantitative estimate of drug-likeness (QED) is 0.494. The molecule has 7 nitrogen and oxygen atoms in total. The van der Waals surface area contributed by atoms with Gasteiger partial charge in [0.05, 0.1) is 10.7 Å². The maximum absolute atomic E-state index is 12.0. The number of rotatable bonds is 5. The van der Waals surface area contributed by atoms with E-state index in [0.717, 1.165) is 17.3 Å². The highest BCUT2D eigenvalue weighted by Crippen LogP contribution is 2.29. The molecule has 2 aromatic rings. The number of aromatic nitrogens is 2. The van der Waals surface area contributed by atoms with E-state index in [1.165, 1.54) is 0 Å². The van der Waals surface area contributed by atoms with Crippen molar-refractivity contribution in [2.75, 3.05) is 11.1 Å². The van der Waals surface area contributed by atoms with Gasteiger partial charge in [-0.15, -0.1) is 0 Å². The largest absolute Gasteiger partial charge is 0.325 e. The Morgan fingerprint density at radius 1 is 1.50 bits per heavy atom. The van der Waals surface area contributed by atoms with E-state index in [-0.39, 0.29) is 22.4 Å². The van der Waals surface area contributed by atoms with Crippen LogP contribution in [-0.2, 0) is 4.79 Å². The molecule has 0 saturated carbocycles. The molecule has 0 saturated heterocycles. The van der Waals surface area contributed by atoms with Gasteiger partial charge in [-0.3, -0.25) is 20.0 Å². The average Bonchev–Trinajstić information content (AvgIpc) is 2.83. The molecule has 0 atom stereocenters. The van der Waals surface area contributed by atoms with Crippen LogP contribution in [0.15, 0.2) is 23.2 Å². The number of hydrogen-bond donors (Lipinski definition) is 2. The lowest BCUT2D eigenvalue weighted by molar-refractivity contribution is -0.388. The standard InChI is InChI=1S/C13H13ClN4O3S/c1-7-9(14)4-3-5-10(7)15-11(19)6-22-13-12(18(20)21)8(2)16-17-13/h3-5H,6H2,1-2H3,(H,15,19)(H,16,17). The summed E-state index contributed by atoms with van der Waals surface area (Å²) in [5, 5.41) is 20.8. The lowest BCUT2D eigenvalue weighted by Crippen LogP contribution is -2.15. The number of carbonyl (C=O) groups is 1. The van der Waals surface area contributed by atoms with Crippen LogP contribution in [0.1, 0.15) is 11.3 Å². The van der Waals surface area contributed by atoms with E-state index < -0.39 is 4.92 Å². The van der Waals surface area contributed by atoms with E-state index in [4.69, 9.17) is 11.6 Å². The minimum absolute atomic E-state index is 0.0110. The first kappa shape index (κ1) is 16.3. The number of amides is 1. The fourth-order valence-corrected chi connectivity index (χ4v) is 2.77. The molecule has 0 unspecified atom stereocenters. The summed E-state index contributed by atoms with van der Waals surface area (Å²) in [7, 11) is 0. The van der Waals surface area contributed by atoms with Crippen molar-refractivity contribution < 1.29 is 9.72 Å². The third kappa shape index (κ3) is 3.58. The van der Waals surface area contributed by atoms with Gasteiger partial charge in [0.1, 0.15) is 5.69 Å². The summed E-state index contributed by atoms with van der Waals surface area (Å²) < 4.78 is 0. The van der Waals surface area contributed by atoms with Crippen LogP contribution in [0, 0.1) is 24.0 Å². The number of anilines is 1. The zero-order valence-electron chi connectivity index (χ0n) is 11.8. The van der Waals surface area contributed by atoms with Crippen molar-refractivity contribution in [2.45, 2.75) is 18.9 Å². The Hall–Kier alpha value is -2.06. The summed E-state index contributed by atoms with van der Waals surface area (Å²) in [5.41, 5.74) is 1.64. The van der Waals surface area contributed by atoms with Gasteiger partial charge in [-0.1, -0.05) is 29.4 Å². The first-order valence-electron chi connectivity index (χ1n) is 6.27. The van der Waals surface area contributed by atoms with Crippen molar-refractivity contribution in [3.8, 4) is 0 Å². The minimum atomic E-state index is -0.514. The summed E-state index contributed by atoms with van der Waals surface area (Å²) in [5.74, 6) is -0.276. The second-order valence-electron chi connectivity index (χ2n) is 4.51. The lowest BCUT2D eigenvalue weighted by Gasteiger charge is -2.08. The Balaban J connectivity index is 2.02. The first-order valence-corrected chi connectivity index (χ1v) is 7.63. The molecule has 1 aromatic heterocycles. The summed E-state index contributed by atoms with van der Waals surface area (Å²) in [4.78, 5) is 22.4. The van der Waals surface area contributed by atoms with Crippen LogP contribution >= 0.6 is 23.4 Å². The van der Waals surface area contributed by atoms with Crippen molar-refractivity contribution in [1.82, 2.24) is 10.2 Å². The molecule has 0 bridgehead atoms. The maximum Gasteiger partial charge on any atom is 0.323 e. The topological polar surface area (TPSA) is 101 Å². The average molecular weight is 341 g/mol. The number of thioether (sulfide) groups is 1. The highest BCUT2D eigenvalue weighted by atomic mass is 35.5. The summed E-state index contributed by atoms with van der Waals surface area (Å²) >= 11 is 6.99. The predicted molar refractivity (Wildman–Crippen MR) is 85.5 cm³/mol. The maximum atomic E-state index is 12.0. The van der Waals surface area contributed by atoms with Crippen LogP contribution in [0.5, 0.6) is 0 Å². The van der Waals surface area contributed by atoms with E-state index in [1.54, 1.807) is 32.0 Å². The molecule has 0 radical (unpaired) electrons. The molecule has 0 aliphatic rings. The summed E-state index contributed by atoms with van der Waals surface area (Å²) in [6, 6.07) is 5.21. The zero-order valence-corrected chi connectivity index (χ0v) is 13.4. The van der Waals surface area contributed by atoms with Crippen molar-refractivity contribution in [1.29, 1.82) is 0 Å². The normalized spacial score (nSPS) is 10.5. The second kappa shape index (κ2) is 6.80. The smallest absolute Gasteiger partial charge is 0.323 e. The molecular weight excluding hydrogens is 328 g/mol. The van der Waals surface area contributed by atoms with Crippen LogP contribution in [0.4, 0.5) is 11.4 Å². The number of hydrogen-bond acceptors (Lipinski definition) is 5.